The van der Waals surface area contributed by atoms with Gasteiger partial charge >= 0.3 is 0 Å². The molecule has 3 rings (SSSR count). The average molecular weight is 344 g/mol. The topological polar surface area (TPSA) is 30.7 Å². The molecule has 0 radical (unpaired) electrons. The van der Waals surface area contributed by atoms with Gasteiger partial charge in [0.2, 0.25) is 0 Å². The lowest BCUT2D eigenvalue weighted by Crippen LogP contribution is -1.99. The molecular weight excluding hydrogens is 332 g/mol. The fourth-order valence-electron chi connectivity index (χ4n) is 2.18. The van der Waals surface area contributed by atoms with Crippen molar-refractivity contribution in [1.82, 2.24) is 14.5 Å². The summed E-state index contributed by atoms with van der Waals surface area (Å²) in [7, 11) is 0. The molecule has 0 unspecified atom stereocenters. The summed E-state index contributed by atoms with van der Waals surface area (Å²) >= 11 is 5.81. The van der Waals surface area contributed by atoms with Crippen molar-refractivity contribution in [3.8, 4) is 17.5 Å². The van der Waals surface area contributed by atoms with Gasteiger partial charge in [-0.3, -0.25) is 0 Å². The van der Waals surface area contributed by atoms with Crippen LogP contribution < -0.4 is 0 Å². The number of hydrogen-bond donors (Lipinski definition) is 0. The summed E-state index contributed by atoms with van der Waals surface area (Å²) in [6.45, 7) is 3.14. The lowest BCUT2D eigenvalue weighted by atomic mass is 10.2. The number of hydrogen-bond acceptors (Lipinski definition) is 2. The first-order valence-corrected chi connectivity index (χ1v) is 7.47. The molecule has 1 aromatic carbocycles. The maximum absolute atomic E-state index is 13.8. The van der Waals surface area contributed by atoms with Gasteiger partial charge in [0.25, 0.3) is 0 Å². The number of rotatable bonds is 1. The van der Waals surface area contributed by atoms with E-state index >= 15 is 0 Å². The third kappa shape index (κ3) is 3.29. The van der Waals surface area contributed by atoms with Crippen LogP contribution >= 0.6 is 11.6 Å². The van der Waals surface area contributed by atoms with Gasteiger partial charge in [0.1, 0.15) is 28.3 Å². The van der Waals surface area contributed by atoms with E-state index in [2.05, 4.69) is 21.8 Å². The van der Waals surface area contributed by atoms with Crippen molar-refractivity contribution in [3.05, 3.63) is 76.1 Å². The van der Waals surface area contributed by atoms with Crippen molar-refractivity contribution in [1.29, 1.82) is 0 Å². The Hall–Kier alpha value is -2.71. The van der Waals surface area contributed by atoms with E-state index in [1.165, 1.54) is 19.1 Å². The normalized spacial score (nSPS) is 10.4. The van der Waals surface area contributed by atoms with E-state index in [0.29, 0.717) is 27.9 Å². The molecule has 2 heterocycles. The molecule has 24 heavy (non-hydrogen) atoms. The van der Waals surface area contributed by atoms with Gasteiger partial charge in [0.05, 0.1) is 5.69 Å². The molecule has 0 saturated heterocycles. The molecular formula is C18H12ClF2N3. The molecule has 0 amide bonds. The molecule has 0 atom stereocenters. The maximum Gasteiger partial charge on any atom is 0.132 e. The van der Waals surface area contributed by atoms with Gasteiger partial charge in [0.15, 0.2) is 0 Å². The third-order valence-corrected chi connectivity index (χ3v) is 3.69. The predicted octanol–water partition coefficient (Wildman–Crippen LogP) is 4.22. The molecule has 0 aliphatic carbocycles. The van der Waals surface area contributed by atoms with E-state index in [4.69, 9.17) is 11.6 Å². The number of pyridine rings is 1. The minimum absolute atomic E-state index is 0.00824. The fraction of sp³-hybridized carbons (Fsp3) is 0.111. The standard InChI is InChI=1S/C18H12ClF2N3/c1-11-16(20)8-15(9-17(11)21)24-10-14(23-12(24)2)4-3-13-5-6-22-18(19)7-13/h5-10H,1-2H3. The van der Waals surface area contributed by atoms with Crippen molar-refractivity contribution in [3.63, 3.8) is 0 Å². The van der Waals surface area contributed by atoms with Gasteiger partial charge in [-0.15, -0.1) is 0 Å². The number of nitrogens with zero attached hydrogens (tertiary/aromatic N) is 3. The van der Waals surface area contributed by atoms with Crippen molar-refractivity contribution in [2.45, 2.75) is 13.8 Å². The van der Waals surface area contributed by atoms with Crippen LogP contribution in [0, 0.1) is 37.3 Å². The van der Waals surface area contributed by atoms with Crippen LogP contribution in [0.2, 0.25) is 5.15 Å². The lowest BCUT2D eigenvalue weighted by molar-refractivity contribution is 0.566. The summed E-state index contributed by atoms with van der Waals surface area (Å²) in [5, 5.41) is 0.356. The van der Waals surface area contributed by atoms with Crippen molar-refractivity contribution >= 4 is 11.6 Å². The average Bonchev–Trinajstić information content (AvgIpc) is 2.91. The van der Waals surface area contributed by atoms with Crippen LogP contribution in [0.25, 0.3) is 5.69 Å². The first kappa shape index (κ1) is 16.2. The van der Waals surface area contributed by atoms with Crippen molar-refractivity contribution in [2.24, 2.45) is 0 Å². The summed E-state index contributed by atoms with van der Waals surface area (Å²) in [6.07, 6.45) is 3.20. The molecule has 120 valence electrons. The molecule has 3 nitrogen and oxygen atoms in total. The van der Waals surface area contributed by atoms with Crippen molar-refractivity contribution < 1.29 is 8.78 Å². The Morgan fingerprint density at radius 2 is 1.79 bits per heavy atom. The number of aryl methyl sites for hydroxylation is 1. The van der Waals surface area contributed by atoms with Crippen LogP contribution in [-0.4, -0.2) is 14.5 Å². The van der Waals surface area contributed by atoms with E-state index in [0.717, 1.165) is 0 Å². The van der Waals surface area contributed by atoms with Crippen LogP contribution in [-0.2, 0) is 0 Å². The minimum Gasteiger partial charge on any atom is -0.302 e. The summed E-state index contributed by atoms with van der Waals surface area (Å²) in [6, 6.07) is 5.91. The van der Waals surface area contributed by atoms with E-state index in [-0.39, 0.29) is 5.56 Å². The Morgan fingerprint density at radius 3 is 2.46 bits per heavy atom. The lowest BCUT2D eigenvalue weighted by Gasteiger charge is -2.07. The molecule has 3 aromatic rings. The van der Waals surface area contributed by atoms with Crippen LogP contribution in [0.1, 0.15) is 22.6 Å². The van der Waals surface area contributed by atoms with Gasteiger partial charge in [-0.2, -0.15) is 0 Å². The first-order chi connectivity index (χ1) is 11.4. The SMILES string of the molecule is Cc1c(F)cc(-n2cc(C#Cc3ccnc(Cl)c3)nc2C)cc1F. The largest absolute Gasteiger partial charge is 0.302 e. The first-order valence-electron chi connectivity index (χ1n) is 7.09. The van der Waals surface area contributed by atoms with E-state index < -0.39 is 11.6 Å². The molecule has 0 aliphatic heterocycles. The van der Waals surface area contributed by atoms with Gasteiger partial charge in [-0.05, 0) is 44.0 Å². The second-order valence-electron chi connectivity index (χ2n) is 5.20. The number of benzene rings is 1. The van der Waals surface area contributed by atoms with Gasteiger partial charge in [0, 0.05) is 23.5 Å². The smallest absolute Gasteiger partial charge is 0.132 e. The highest BCUT2D eigenvalue weighted by molar-refractivity contribution is 6.29. The van der Waals surface area contributed by atoms with E-state index in [9.17, 15) is 8.78 Å². The fourth-order valence-corrected chi connectivity index (χ4v) is 2.36. The zero-order valence-electron chi connectivity index (χ0n) is 12.9. The summed E-state index contributed by atoms with van der Waals surface area (Å²) in [4.78, 5) is 8.19. The molecule has 0 fully saturated rings. The summed E-state index contributed by atoms with van der Waals surface area (Å²) in [5.41, 5.74) is 1.54. The molecule has 2 aromatic heterocycles. The second kappa shape index (κ2) is 6.42. The Labute approximate surface area is 142 Å². The van der Waals surface area contributed by atoms with Crippen molar-refractivity contribution in [2.75, 3.05) is 0 Å². The van der Waals surface area contributed by atoms with Gasteiger partial charge in [-0.1, -0.05) is 17.5 Å². The second-order valence-corrected chi connectivity index (χ2v) is 5.58. The van der Waals surface area contributed by atoms with E-state index in [1.54, 1.807) is 36.0 Å². The zero-order valence-corrected chi connectivity index (χ0v) is 13.7. The number of halogens is 3. The van der Waals surface area contributed by atoms with Crippen LogP contribution in [0.5, 0.6) is 0 Å². The molecule has 6 heteroatoms. The molecule has 0 N–H and O–H groups in total. The monoisotopic (exact) mass is 343 g/mol. The Balaban J connectivity index is 1.97. The third-order valence-electron chi connectivity index (χ3n) is 3.49. The van der Waals surface area contributed by atoms with Crippen LogP contribution in [0.4, 0.5) is 8.78 Å². The molecule has 0 spiro atoms. The molecule has 0 bridgehead atoms. The Morgan fingerprint density at radius 1 is 1.08 bits per heavy atom. The maximum atomic E-state index is 13.8. The highest BCUT2D eigenvalue weighted by Gasteiger charge is 2.10. The number of aromatic nitrogens is 3. The minimum atomic E-state index is -0.600. The zero-order chi connectivity index (χ0) is 17.3. The quantitative estimate of drug-likeness (QED) is 0.489. The van der Waals surface area contributed by atoms with Crippen LogP contribution in [0.3, 0.4) is 0 Å². The highest BCUT2D eigenvalue weighted by Crippen LogP contribution is 2.19. The highest BCUT2D eigenvalue weighted by atomic mass is 35.5. The predicted molar refractivity (Wildman–Crippen MR) is 88.2 cm³/mol. The van der Waals surface area contributed by atoms with Crippen LogP contribution in [0.15, 0.2) is 36.7 Å². The molecule has 0 saturated carbocycles. The molecule has 0 aliphatic rings. The number of imidazole rings is 1. The summed E-state index contributed by atoms with van der Waals surface area (Å²) in [5.74, 6) is 5.21. The summed E-state index contributed by atoms with van der Waals surface area (Å²) < 4.78 is 29.1. The van der Waals surface area contributed by atoms with Gasteiger partial charge in [-0.25, -0.2) is 18.7 Å². The Kier molecular flexibility index (Phi) is 4.32. The van der Waals surface area contributed by atoms with E-state index in [1.807, 2.05) is 0 Å². The Bertz CT molecular complexity index is 960. The van der Waals surface area contributed by atoms with Gasteiger partial charge < -0.3 is 4.57 Å².